The second kappa shape index (κ2) is 9.00. The van der Waals surface area contributed by atoms with Crippen LogP contribution in [0.4, 0.5) is 11.4 Å². The summed E-state index contributed by atoms with van der Waals surface area (Å²) in [6.45, 7) is 5.95. The van der Waals surface area contributed by atoms with Crippen LogP contribution in [-0.2, 0) is 0 Å². The van der Waals surface area contributed by atoms with Gasteiger partial charge in [-0.05, 0) is 19.1 Å². The van der Waals surface area contributed by atoms with Crippen molar-refractivity contribution in [3.8, 4) is 22.9 Å². The van der Waals surface area contributed by atoms with Gasteiger partial charge in [0.25, 0.3) is 5.69 Å². The Hall–Kier alpha value is -3.66. The molecule has 10 heteroatoms. The van der Waals surface area contributed by atoms with E-state index in [4.69, 9.17) is 9.47 Å². The van der Waals surface area contributed by atoms with Gasteiger partial charge in [0, 0.05) is 29.1 Å². The zero-order chi connectivity index (χ0) is 21.8. The van der Waals surface area contributed by atoms with Crippen molar-refractivity contribution < 1.29 is 14.4 Å². The van der Waals surface area contributed by atoms with E-state index < -0.39 is 11.2 Å². The van der Waals surface area contributed by atoms with E-state index in [9.17, 15) is 10.1 Å². The van der Waals surface area contributed by atoms with Gasteiger partial charge in [0.2, 0.25) is 17.3 Å². The second-order valence-electron chi connectivity index (χ2n) is 6.45. The van der Waals surface area contributed by atoms with Crippen LogP contribution in [0.1, 0.15) is 18.7 Å². The average molecular weight is 437 g/mol. The number of nitrogens with zero attached hydrogens (tertiary/aromatic N) is 4. The van der Waals surface area contributed by atoms with E-state index in [-0.39, 0.29) is 11.6 Å². The summed E-state index contributed by atoms with van der Waals surface area (Å²) in [5.74, 6) is 1.38. The molecule has 1 N–H and O–H groups in total. The van der Waals surface area contributed by atoms with Crippen molar-refractivity contribution in [1.82, 2.24) is 15.2 Å². The van der Waals surface area contributed by atoms with Gasteiger partial charge in [-0.2, -0.15) is 4.98 Å². The summed E-state index contributed by atoms with van der Waals surface area (Å²) in [7, 11) is 0. The number of nitro groups is 1. The van der Waals surface area contributed by atoms with Crippen molar-refractivity contribution in [3.05, 3.63) is 70.8 Å². The number of nitro benzene ring substituents is 1. The maximum Gasteiger partial charge on any atom is 0.270 e. The predicted molar refractivity (Wildman–Crippen MR) is 117 cm³/mol. The van der Waals surface area contributed by atoms with Crippen molar-refractivity contribution >= 4 is 23.1 Å². The minimum absolute atomic E-state index is 0.0651. The highest BCUT2D eigenvalue weighted by Crippen LogP contribution is 2.41. The Morgan fingerprint density at radius 2 is 2.16 bits per heavy atom. The molecule has 2 heterocycles. The number of hydrogen-bond acceptors (Lipinski definition) is 9. The number of fused-ring (bicyclic) bond motifs is 3. The quantitative estimate of drug-likeness (QED) is 0.245. The van der Waals surface area contributed by atoms with Gasteiger partial charge >= 0.3 is 0 Å². The Kier molecular flexibility index (Phi) is 5.99. The molecule has 0 saturated heterocycles. The Morgan fingerprint density at radius 1 is 1.32 bits per heavy atom. The number of benzene rings is 2. The lowest BCUT2D eigenvalue weighted by Gasteiger charge is -2.21. The maximum atomic E-state index is 11.4. The van der Waals surface area contributed by atoms with Crippen molar-refractivity contribution in [2.24, 2.45) is 0 Å². The fraction of sp³-hybridized carbons (Fsp3) is 0.190. The normalized spacial score (nSPS) is 14.3. The molecule has 0 bridgehead atoms. The molecule has 0 spiro atoms. The summed E-state index contributed by atoms with van der Waals surface area (Å²) in [6.07, 6.45) is 0.954. The average Bonchev–Trinajstić information content (AvgIpc) is 2.94. The van der Waals surface area contributed by atoms with Crippen LogP contribution in [0, 0.1) is 10.1 Å². The summed E-state index contributed by atoms with van der Waals surface area (Å²) < 4.78 is 11.9. The van der Waals surface area contributed by atoms with Crippen molar-refractivity contribution in [2.45, 2.75) is 18.3 Å². The van der Waals surface area contributed by atoms with E-state index in [0.717, 1.165) is 11.3 Å². The van der Waals surface area contributed by atoms with Gasteiger partial charge in [-0.1, -0.05) is 36.0 Å². The maximum absolute atomic E-state index is 11.4. The van der Waals surface area contributed by atoms with Crippen LogP contribution in [0.25, 0.3) is 11.3 Å². The lowest BCUT2D eigenvalue weighted by atomic mass is 10.1. The Balaban J connectivity index is 1.84. The van der Waals surface area contributed by atoms with Crippen molar-refractivity contribution in [2.75, 3.05) is 17.7 Å². The third kappa shape index (κ3) is 4.29. The van der Waals surface area contributed by atoms with Gasteiger partial charge in [0.15, 0.2) is 5.69 Å². The molecule has 0 amide bonds. The SMILES string of the molecule is C=CCSc1nnc2c(n1)O[C@H](c1cc([N+](=O)[O-])ccc1OCC)Nc1ccccc1-2. The van der Waals surface area contributed by atoms with Crippen LogP contribution in [0.15, 0.2) is 60.3 Å². The lowest BCUT2D eigenvalue weighted by molar-refractivity contribution is -0.385. The largest absolute Gasteiger partial charge is 0.493 e. The van der Waals surface area contributed by atoms with Crippen LogP contribution in [0.2, 0.25) is 0 Å². The second-order valence-corrected chi connectivity index (χ2v) is 7.44. The van der Waals surface area contributed by atoms with Gasteiger partial charge in [-0.25, -0.2) is 0 Å². The molecule has 158 valence electrons. The van der Waals surface area contributed by atoms with Gasteiger partial charge in [-0.3, -0.25) is 10.1 Å². The van der Waals surface area contributed by atoms with E-state index in [1.807, 2.05) is 31.2 Å². The summed E-state index contributed by atoms with van der Waals surface area (Å²) >= 11 is 1.38. The number of anilines is 1. The third-order valence-corrected chi connectivity index (χ3v) is 5.28. The number of nitrogens with one attached hydrogen (secondary N) is 1. The number of rotatable bonds is 7. The predicted octanol–water partition coefficient (Wildman–Crippen LogP) is 4.63. The number of aromatic nitrogens is 3. The van der Waals surface area contributed by atoms with Gasteiger partial charge in [0.05, 0.1) is 17.1 Å². The van der Waals surface area contributed by atoms with Crippen LogP contribution >= 0.6 is 11.8 Å². The van der Waals surface area contributed by atoms with Gasteiger partial charge in [0.1, 0.15) is 5.75 Å². The molecular formula is C21H19N5O4S. The molecule has 1 aliphatic heterocycles. The first-order valence-electron chi connectivity index (χ1n) is 9.52. The minimum Gasteiger partial charge on any atom is -0.493 e. The molecule has 4 rings (SSSR count). The first-order chi connectivity index (χ1) is 15.1. The number of para-hydroxylation sites is 1. The molecule has 31 heavy (non-hydrogen) atoms. The third-order valence-electron chi connectivity index (χ3n) is 4.45. The van der Waals surface area contributed by atoms with Crippen LogP contribution in [0.3, 0.4) is 0 Å². The molecule has 1 aromatic heterocycles. The Labute approximate surface area is 182 Å². The van der Waals surface area contributed by atoms with E-state index in [1.54, 1.807) is 12.1 Å². The summed E-state index contributed by atoms with van der Waals surface area (Å²) in [4.78, 5) is 15.4. The smallest absolute Gasteiger partial charge is 0.270 e. The Bertz CT molecular complexity index is 1140. The Morgan fingerprint density at radius 3 is 2.94 bits per heavy atom. The summed E-state index contributed by atoms with van der Waals surface area (Å²) in [6, 6.07) is 11.9. The first-order valence-corrected chi connectivity index (χ1v) is 10.5. The molecule has 0 aliphatic carbocycles. The monoisotopic (exact) mass is 437 g/mol. The van der Waals surface area contributed by atoms with E-state index >= 15 is 0 Å². The molecule has 3 aromatic rings. The van der Waals surface area contributed by atoms with Gasteiger partial charge < -0.3 is 14.8 Å². The molecule has 0 radical (unpaired) electrons. The molecular weight excluding hydrogens is 418 g/mol. The number of hydrogen-bond donors (Lipinski definition) is 1. The van der Waals surface area contributed by atoms with E-state index in [1.165, 1.54) is 23.9 Å². The molecule has 0 saturated carbocycles. The van der Waals surface area contributed by atoms with E-state index in [0.29, 0.717) is 34.5 Å². The zero-order valence-electron chi connectivity index (χ0n) is 16.6. The van der Waals surface area contributed by atoms with Crippen LogP contribution in [0.5, 0.6) is 11.6 Å². The lowest BCUT2D eigenvalue weighted by Crippen LogP contribution is -2.18. The number of non-ortho nitro benzene ring substituents is 1. The molecule has 0 fully saturated rings. The van der Waals surface area contributed by atoms with Crippen LogP contribution in [-0.4, -0.2) is 32.5 Å². The summed E-state index contributed by atoms with van der Waals surface area (Å²) in [5.41, 5.74) is 2.41. The van der Waals surface area contributed by atoms with E-state index in [2.05, 4.69) is 27.1 Å². The highest BCUT2D eigenvalue weighted by Gasteiger charge is 2.29. The molecule has 1 atom stereocenters. The van der Waals surface area contributed by atoms with Crippen LogP contribution < -0.4 is 14.8 Å². The van der Waals surface area contributed by atoms with Crippen molar-refractivity contribution in [3.63, 3.8) is 0 Å². The zero-order valence-corrected chi connectivity index (χ0v) is 17.5. The first kappa shape index (κ1) is 20.6. The standard InChI is InChI=1S/C21H19N5O4S/c1-3-11-31-21-23-20-18(24-25-21)14-7-5-6-8-16(14)22-19(30-20)15-12-13(26(27)28)9-10-17(15)29-4-2/h3,5-10,12,19,22H,1,4,11H2,2H3/t19-/m1/s1. The number of ether oxygens (including phenoxy) is 2. The fourth-order valence-corrected chi connectivity index (χ4v) is 3.64. The topological polar surface area (TPSA) is 112 Å². The molecule has 1 aliphatic rings. The van der Waals surface area contributed by atoms with Crippen molar-refractivity contribution in [1.29, 1.82) is 0 Å². The molecule has 9 nitrogen and oxygen atoms in total. The molecule has 0 unspecified atom stereocenters. The van der Waals surface area contributed by atoms with Gasteiger partial charge in [-0.15, -0.1) is 16.8 Å². The summed E-state index contributed by atoms with van der Waals surface area (Å²) in [5, 5.41) is 23.6. The molecule has 2 aromatic carbocycles. The minimum atomic E-state index is -0.794. The highest BCUT2D eigenvalue weighted by molar-refractivity contribution is 7.99. The highest BCUT2D eigenvalue weighted by atomic mass is 32.2. The fourth-order valence-electron chi connectivity index (χ4n) is 3.12. The number of thioether (sulfide) groups is 1.